The summed E-state index contributed by atoms with van der Waals surface area (Å²) in [6.07, 6.45) is 0.826. The standard InChI is InChI=1S/C16H17F3N2O3.C5H13N.C4H11N/c1-10-6-14(15(22)23)20-9-21(10)11(2)12-4-3-5-13(7-12)24-8-16(17,18)19;1-2-3-4-5-6;1-4(2,3)5/h3-7,11H,8-9H2,1-2H3,(H,22,23);2-6H2,1H3;5H2,1-3H3. The molecule has 0 aliphatic carbocycles. The average molecular weight is 503 g/mol. The summed E-state index contributed by atoms with van der Waals surface area (Å²) in [7, 11) is 0. The van der Waals surface area contributed by atoms with E-state index in [0.29, 0.717) is 0 Å². The van der Waals surface area contributed by atoms with E-state index in [2.05, 4.69) is 11.9 Å². The van der Waals surface area contributed by atoms with E-state index in [1.54, 1.807) is 25.1 Å². The van der Waals surface area contributed by atoms with Crippen molar-refractivity contribution in [3.63, 3.8) is 0 Å². The van der Waals surface area contributed by atoms with Gasteiger partial charge in [0.1, 0.15) is 18.1 Å². The van der Waals surface area contributed by atoms with Crippen LogP contribution >= 0.6 is 0 Å². The van der Waals surface area contributed by atoms with Gasteiger partial charge in [-0.15, -0.1) is 0 Å². The number of allylic oxidation sites excluding steroid dienone is 1. The Morgan fingerprint density at radius 2 is 1.86 bits per heavy atom. The molecule has 0 fully saturated rings. The summed E-state index contributed by atoms with van der Waals surface area (Å²) in [5, 5.41) is 8.96. The van der Waals surface area contributed by atoms with Crippen LogP contribution in [0.4, 0.5) is 13.2 Å². The Bertz CT molecular complexity index is 824. The quantitative estimate of drug-likeness (QED) is 0.417. The first-order valence-electron chi connectivity index (χ1n) is 11.6. The molecule has 1 aromatic carbocycles. The third kappa shape index (κ3) is 15.8. The zero-order valence-electron chi connectivity index (χ0n) is 21.7. The number of aliphatic carboxylic acids is 1. The maximum atomic E-state index is 12.2. The highest BCUT2D eigenvalue weighted by molar-refractivity contribution is 6.40. The van der Waals surface area contributed by atoms with Crippen molar-refractivity contribution in [1.82, 2.24) is 4.90 Å². The van der Waals surface area contributed by atoms with Crippen molar-refractivity contribution in [1.29, 1.82) is 0 Å². The predicted octanol–water partition coefficient (Wildman–Crippen LogP) is 5.27. The smallest absolute Gasteiger partial charge is 0.422 e. The van der Waals surface area contributed by atoms with Crippen LogP contribution in [-0.4, -0.2) is 53.2 Å². The van der Waals surface area contributed by atoms with Gasteiger partial charge in [0, 0.05) is 11.2 Å². The van der Waals surface area contributed by atoms with Gasteiger partial charge in [0.05, 0.1) is 6.04 Å². The van der Waals surface area contributed by atoms with E-state index in [-0.39, 0.29) is 29.7 Å². The third-order valence-electron chi connectivity index (χ3n) is 4.43. The van der Waals surface area contributed by atoms with Crippen LogP contribution in [0, 0.1) is 0 Å². The number of hydrogen-bond donors (Lipinski definition) is 3. The molecule has 1 atom stereocenters. The molecule has 1 aliphatic rings. The number of alkyl halides is 3. The number of carboxylic acids is 1. The molecule has 200 valence electrons. The second-order valence-corrected chi connectivity index (χ2v) is 9.26. The number of hydrogen-bond acceptors (Lipinski definition) is 6. The van der Waals surface area contributed by atoms with E-state index in [1.807, 2.05) is 32.6 Å². The molecule has 35 heavy (non-hydrogen) atoms. The molecular weight excluding hydrogens is 461 g/mol. The van der Waals surface area contributed by atoms with Crippen molar-refractivity contribution in [3.05, 3.63) is 41.6 Å². The van der Waals surface area contributed by atoms with Crippen molar-refractivity contribution < 1.29 is 27.8 Å². The molecule has 1 aliphatic heterocycles. The van der Waals surface area contributed by atoms with Crippen LogP contribution < -0.4 is 16.2 Å². The highest BCUT2D eigenvalue weighted by Crippen LogP contribution is 2.28. The lowest BCUT2D eigenvalue weighted by Crippen LogP contribution is -2.31. The van der Waals surface area contributed by atoms with Gasteiger partial charge in [0.15, 0.2) is 6.61 Å². The van der Waals surface area contributed by atoms with Gasteiger partial charge in [0.25, 0.3) is 0 Å². The van der Waals surface area contributed by atoms with Gasteiger partial charge in [0.2, 0.25) is 0 Å². The maximum absolute atomic E-state index is 12.2. The molecule has 1 aromatic rings. The minimum Gasteiger partial charge on any atom is -0.484 e. The number of carbonyl (C=O) groups is 1. The fourth-order valence-corrected chi connectivity index (χ4v) is 2.75. The molecule has 0 spiro atoms. The molecule has 0 amide bonds. The number of ether oxygens (including phenoxy) is 1. The Kier molecular flexibility index (Phi) is 14.3. The molecule has 0 saturated heterocycles. The van der Waals surface area contributed by atoms with E-state index in [1.165, 1.54) is 31.4 Å². The Hall–Kier alpha value is -2.59. The summed E-state index contributed by atoms with van der Waals surface area (Å²) in [5.74, 6) is -0.964. The molecule has 5 N–H and O–H groups in total. The zero-order valence-corrected chi connectivity index (χ0v) is 21.7. The number of unbranched alkanes of at least 4 members (excludes halogenated alkanes) is 2. The summed E-state index contributed by atoms with van der Waals surface area (Å²) in [6.45, 7) is 11.4. The summed E-state index contributed by atoms with van der Waals surface area (Å²) < 4.78 is 41.5. The fraction of sp³-hybridized carbons (Fsp3) is 0.600. The van der Waals surface area contributed by atoms with Gasteiger partial charge in [-0.25, -0.2) is 4.79 Å². The minimum absolute atomic E-state index is 0. The molecule has 1 unspecified atom stereocenters. The lowest BCUT2D eigenvalue weighted by atomic mass is 10.1. The summed E-state index contributed by atoms with van der Waals surface area (Å²) >= 11 is 0. The molecule has 1 heterocycles. The Morgan fingerprint density at radius 1 is 1.26 bits per heavy atom. The summed E-state index contributed by atoms with van der Waals surface area (Å²) in [4.78, 5) is 16.8. The molecular formula is C25H41F3N4O3. The van der Waals surface area contributed by atoms with E-state index < -0.39 is 18.8 Å². The number of halogens is 3. The van der Waals surface area contributed by atoms with Crippen LogP contribution in [0.25, 0.3) is 0 Å². The van der Waals surface area contributed by atoms with E-state index >= 15 is 0 Å². The number of rotatable bonds is 8. The normalized spacial score (nSPS) is 14.4. The predicted molar refractivity (Wildman–Crippen MR) is 134 cm³/mol. The molecule has 0 radical (unpaired) electrons. The Labute approximate surface area is 207 Å². The number of nitrogens with zero attached hydrogens (tertiary/aromatic N) is 2. The average Bonchev–Trinajstić information content (AvgIpc) is 2.74. The molecule has 7 nitrogen and oxygen atoms in total. The zero-order chi connectivity index (χ0) is 27.2. The van der Waals surface area contributed by atoms with Crippen molar-refractivity contribution >= 4 is 11.7 Å². The van der Waals surface area contributed by atoms with Gasteiger partial charge < -0.3 is 26.2 Å². The highest BCUT2D eigenvalue weighted by atomic mass is 19.4. The van der Waals surface area contributed by atoms with Gasteiger partial charge in [-0.05, 0) is 71.4 Å². The van der Waals surface area contributed by atoms with E-state index in [0.717, 1.165) is 17.8 Å². The van der Waals surface area contributed by atoms with Gasteiger partial charge in [-0.1, -0.05) is 31.9 Å². The maximum Gasteiger partial charge on any atom is 0.422 e. The molecule has 2 rings (SSSR count). The highest BCUT2D eigenvalue weighted by Gasteiger charge is 2.28. The molecule has 0 bridgehead atoms. The number of aliphatic imine (C=N–C) groups is 1. The topological polar surface area (TPSA) is 114 Å². The first-order chi connectivity index (χ1) is 16.1. The minimum atomic E-state index is -4.39. The molecule has 10 heteroatoms. The molecule has 0 saturated carbocycles. The first-order valence-corrected chi connectivity index (χ1v) is 11.6. The van der Waals surface area contributed by atoms with Crippen LogP contribution in [0.15, 0.2) is 41.0 Å². The molecule has 0 aromatic heterocycles. The van der Waals surface area contributed by atoms with Crippen LogP contribution in [0.1, 0.15) is 72.4 Å². The van der Waals surface area contributed by atoms with Crippen LogP contribution in [0.5, 0.6) is 5.75 Å². The van der Waals surface area contributed by atoms with Crippen molar-refractivity contribution in [2.75, 3.05) is 19.8 Å². The van der Waals surface area contributed by atoms with Crippen molar-refractivity contribution in [3.8, 4) is 5.75 Å². The Balaban J connectivity index is 0.000000877. The van der Waals surface area contributed by atoms with Crippen LogP contribution in [0.3, 0.4) is 0 Å². The summed E-state index contributed by atoms with van der Waals surface area (Å²) in [5.41, 5.74) is 12.0. The first kappa shape index (κ1) is 32.4. The SMILES string of the molecule is CC(C)(C)N.CC1=CC(C(=O)O)=NCN1C(C)c1cccc(OCC(F)(F)F)c1.CCCCCN. The van der Waals surface area contributed by atoms with Gasteiger partial charge in [-0.3, -0.25) is 4.99 Å². The van der Waals surface area contributed by atoms with E-state index in [4.69, 9.17) is 21.3 Å². The third-order valence-corrected chi connectivity index (χ3v) is 4.43. The van der Waals surface area contributed by atoms with Gasteiger partial charge in [-0.2, -0.15) is 13.2 Å². The van der Waals surface area contributed by atoms with E-state index in [9.17, 15) is 18.0 Å². The number of benzene rings is 1. The number of carboxylic acid groups (broad SMARTS) is 1. The lowest BCUT2D eigenvalue weighted by molar-refractivity contribution is -0.153. The number of nitrogens with two attached hydrogens (primary N) is 2. The van der Waals surface area contributed by atoms with Crippen LogP contribution in [0.2, 0.25) is 0 Å². The van der Waals surface area contributed by atoms with Crippen molar-refractivity contribution in [2.24, 2.45) is 16.5 Å². The fourth-order valence-electron chi connectivity index (χ4n) is 2.75. The van der Waals surface area contributed by atoms with Gasteiger partial charge >= 0.3 is 12.1 Å². The second kappa shape index (κ2) is 15.4. The van der Waals surface area contributed by atoms with Crippen molar-refractivity contribution in [2.45, 2.75) is 78.6 Å². The second-order valence-electron chi connectivity index (χ2n) is 9.26. The van der Waals surface area contributed by atoms with Crippen LogP contribution in [-0.2, 0) is 4.79 Å². The Morgan fingerprint density at radius 3 is 2.29 bits per heavy atom. The monoisotopic (exact) mass is 502 g/mol. The largest absolute Gasteiger partial charge is 0.484 e. The summed E-state index contributed by atoms with van der Waals surface area (Å²) in [6, 6.07) is 6.19. The lowest BCUT2D eigenvalue weighted by Gasteiger charge is -2.33.